The number of ketones is 2. The van der Waals surface area contributed by atoms with Crippen LogP contribution in [0.4, 0.5) is 11.4 Å². The van der Waals surface area contributed by atoms with Crippen LogP contribution in [0.25, 0.3) is 4.85 Å². The van der Waals surface area contributed by atoms with Gasteiger partial charge in [0.1, 0.15) is 11.9 Å². The fraction of sp³-hybridized carbons (Fsp3) is 0.447. The Morgan fingerprint density at radius 3 is 2.27 bits per heavy atom. The number of piperidine rings is 2. The molecule has 1 saturated carbocycles. The first kappa shape index (κ1) is 39.0. The highest BCUT2D eigenvalue weighted by Gasteiger charge is 2.67. The summed E-state index contributed by atoms with van der Waals surface area (Å²) in [6.07, 6.45) is 2.11. The largest absolute Gasteiger partial charge is 0.489 e. The van der Waals surface area contributed by atoms with Crippen LogP contribution in [0.3, 0.4) is 0 Å². The van der Waals surface area contributed by atoms with Crippen molar-refractivity contribution in [2.45, 2.75) is 78.1 Å². The summed E-state index contributed by atoms with van der Waals surface area (Å²) in [6.45, 7) is 19.9. The van der Waals surface area contributed by atoms with Crippen LogP contribution in [-0.4, -0.2) is 83.5 Å². The second-order valence-electron chi connectivity index (χ2n) is 18.2. The van der Waals surface area contributed by atoms with E-state index < -0.39 is 17.7 Å². The van der Waals surface area contributed by atoms with Crippen molar-refractivity contribution >= 4 is 52.3 Å². The minimum atomic E-state index is -1.06. The summed E-state index contributed by atoms with van der Waals surface area (Å²) in [5, 5.41) is 2.64. The average molecular weight is 812 g/mol. The van der Waals surface area contributed by atoms with Crippen molar-refractivity contribution in [1.82, 2.24) is 15.1 Å². The highest BCUT2D eigenvalue weighted by Crippen LogP contribution is 2.59. The zero-order valence-electron chi connectivity index (χ0n) is 33.6. The summed E-state index contributed by atoms with van der Waals surface area (Å²) in [5.74, 6) is 4.45. The predicted octanol–water partition coefficient (Wildman–Crippen LogP) is 6.73. The average Bonchev–Trinajstić information content (AvgIpc) is 3.62. The summed E-state index contributed by atoms with van der Waals surface area (Å²) in [7, 11) is 0. The van der Waals surface area contributed by atoms with Gasteiger partial charge in [0.15, 0.2) is 11.6 Å². The van der Waals surface area contributed by atoms with Gasteiger partial charge in [-0.1, -0.05) is 57.2 Å². The van der Waals surface area contributed by atoms with E-state index in [4.69, 9.17) is 22.9 Å². The summed E-state index contributed by atoms with van der Waals surface area (Å²) in [6, 6.07) is 16.8. The van der Waals surface area contributed by atoms with Crippen LogP contribution < -0.4 is 15.0 Å². The molecule has 9 rings (SSSR count). The van der Waals surface area contributed by atoms with E-state index >= 15 is 0 Å². The molecule has 2 unspecified atom stereocenters. The van der Waals surface area contributed by atoms with Gasteiger partial charge >= 0.3 is 0 Å². The van der Waals surface area contributed by atoms with Gasteiger partial charge < -0.3 is 14.5 Å². The van der Waals surface area contributed by atoms with Crippen molar-refractivity contribution in [2.24, 2.45) is 28.6 Å². The number of halogens is 1. The van der Waals surface area contributed by atoms with E-state index in [0.29, 0.717) is 40.2 Å². The van der Waals surface area contributed by atoms with Crippen LogP contribution in [0.15, 0.2) is 54.6 Å². The number of amides is 3. The summed E-state index contributed by atoms with van der Waals surface area (Å²) >= 11 is 6.30. The van der Waals surface area contributed by atoms with Gasteiger partial charge in [0.2, 0.25) is 17.5 Å². The van der Waals surface area contributed by atoms with Crippen molar-refractivity contribution in [2.75, 3.05) is 31.1 Å². The maximum Gasteiger partial charge on any atom is 0.254 e. The Kier molecular flexibility index (Phi) is 9.49. The number of benzene rings is 3. The molecule has 0 radical (unpaired) electrons. The Labute approximate surface area is 349 Å². The summed E-state index contributed by atoms with van der Waals surface area (Å²) < 4.78 is 6.48. The molecular weight excluding hydrogens is 766 g/mol. The number of fused-ring (bicyclic) bond motifs is 2. The molecule has 4 heterocycles. The van der Waals surface area contributed by atoms with Crippen LogP contribution >= 0.6 is 11.6 Å². The number of nitrogens with one attached hydrogen (secondary N) is 1. The van der Waals surface area contributed by atoms with E-state index in [1.807, 2.05) is 23.1 Å². The number of carbonyl (C=O) groups excluding carboxylic acids is 5. The van der Waals surface area contributed by atoms with Crippen LogP contribution in [0.2, 0.25) is 5.02 Å². The zero-order chi connectivity index (χ0) is 41.5. The van der Waals surface area contributed by atoms with Gasteiger partial charge in [-0.25, -0.2) is 4.85 Å². The molecule has 3 saturated heterocycles. The second kappa shape index (κ2) is 14.4. The molecule has 302 valence electrons. The quantitative estimate of drug-likeness (QED) is 0.126. The number of Topliss-reactive ketones (excluding diaryl/α,β-unsaturated/α-hetero) is 2. The van der Waals surface area contributed by atoms with Gasteiger partial charge in [-0.05, 0) is 86.4 Å². The monoisotopic (exact) mass is 811 g/mol. The predicted molar refractivity (Wildman–Crippen MR) is 221 cm³/mol. The molecule has 3 aromatic carbocycles. The smallest absolute Gasteiger partial charge is 0.254 e. The van der Waals surface area contributed by atoms with E-state index in [0.717, 1.165) is 61.4 Å². The van der Waals surface area contributed by atoms with Gasteiger partial charge in [0, 0.05) is 82.8 Å². The molecule has 11 nitrogen and oxygen atoms in total. The molecule has 0 aromatic heterocycles. The summed E-state index contributed by atoms with van der Waals surface area (Å²) in [5.41, 5.74) is 3.99. The number of carbonyl (C=O) groups is 5. The lowest BCUT2D eigenvalue weighted by molar-refractivity contribution is -0.199. The molecule has 2 atom stereocenters. The third kappa shape index (κ3) is 6.50. The number of hydrogen-bond donors (Lipinski definition) is 1. The molecule has 0 bridgehead atoms. The first-order valence-corrected chi connectivity index (χ1v) is 20.9. The van der Waals surface area contributed by atoms with Crippen LogP contribution in [0.5, 0.6) is 5.75 Å². The molecule has 6 aliphatic rings. The van der Waals surface area contributed by atoms with Crippen molar-refractivity contribution in [1.29, 1.82) is 0 Å². The summed E-state index contributed by atoms with van der Waals surface area (Å²) in [4.78, 5) is 74.7. The minimum absolute atomic E-state index is 0.0358. The molecule has 4 aliphatic heterocycles. The Morgan fingerprint density at radius 2 is 1.58 bits per heavy atom. The lowest BCUT2D eigenvalue weighted by Crippen LogP contribution is -2.74. The molecule has 0 spiro atoms. The lowest BCUT2D eigenvalue weighted by Gasteiger charge is -2.65. The first-order valence-electron chi connectivity index (χ1n) is 20.5. The molecule has 59 heavy (non-hydrogen) atoms. The van der Waals surface area contributed by atoms with E-state index in [1.165, 1.54) is 0 Å². The Bertz CT molecular complexity index is 2430. The topological polar surface area (TPSA) is 121 Å². The first-order chi connectivity index (χ1) is 28.1. The molecular formula is C47H46ClN5O6. The Morgan fingerprint density at radius 1 is 0.864 bits per heavy atom. The van der Waals surface area contributed by atoms with Gasteiger partial charge in [-0.15, -0.1) is 0 Å². The fourth-order valence-electron chi connectivity index (χ4n) is 11.1. The lowest BCUT2D eigenvalue weighted by atomic mass is 9.49. The second-order valence-corrected chi connectivity index (χ2v) is 18.6. The number of rotatable bonds is 6. The SMILES string of the molecule is [C-]#[N+]c1ccc(OC2C(C)(C)C(N3Cc4cc(C#CC5CCN(C6CN(c7ccc8c(c7)C(=O)C(C7CCC(=O)NC7=O)C8=O)C6)CC5)ccc4C3=O)C2(C)C)cc1Cl. The fourth-order valence-corrected chi connectivity index (χ4v) is 11.3. The van der Waals surface area contributed by atoms with Crippen LogP contribution in [0.1, 0.15) is 95.6 Å². The zero-order valence-corrected chi connectivity index (χ0v) is 34.4. The van der Waals surface area contributed by atoms with Gasteiger partial charge in [0.25, 0.3) is 5.91 Å². The number of imide groups is 1. The number of hydrogen-bond acceptors (Lipinski definition) is 8. The van der Waals surface area contributed by atoms with Crippen LogP contribution in [-0.2, 0) is 16.1 Å². The Hall–Kier alpha value is -5.49. The van der Waals surface area contributed by atoms with E-state index in [1.54, 1.807) is 30.3 Å². The molecule has 4 fully saturated rings. The third-order valence-corrected chi connectivity index (χ3v) is 14.1. The van der Waals surface area contributed by atoms with Gasteiger partial charge in [0.05, 0.1) is 23.4 Å². The maximum atomic E-state index is 13.8. The number of likely N-dealkylation sites (tertiary alicyclic amines) is 1. The van der Waals surface area contributed by atoms with Crippen molar-refractivity contribution < 1.29 is 28.7 Å². The van der Waals surface area contributed by atoms with Gasteiger partial charge in [-0.2, -0.15) is 0 Å². The molecule has 3 amide bonds. The van der Waals surface area contributed by atoms with E-state index in [2.05, 4.69) is 65.6 Å². The maximum absolute atomic E-state index is 13.8. The minimum Gasteiger partial charge on any atom is -0.489 e. The molecule has 3 aromatic rings. The third-order valence-electron chi connectivity index (χ3n) is 13.8. The molecule has 2 aliphatic carbocycles. The number of anilines is 1. The normalized spacial score (nSPS) is 26.3. The van der Waals surface area contributed by atoms with E-state index in [9.17, 15) is 24.0 Å². The molecule has 12 heteroatoms. The van der Waals surface area contributed by atoms with Crippen LogP contribution in [0, 0.1) is 47.0 Å². The highest BCUT2D eigenvalue weighted by molar-refractivity contribution is 6.33. The van der Waals surface area contributed by atoms with Gasteiger partial charge in [-0.3, -0.25) is 34.2 Å². The number of ether oxygens (including phenoxy) is 1. The standard InChI is InChI=1S/C47H46ClN5O6/c1-46(2)44(47(3,4)45(46)59-31-10-14-37(49-5)36(48)22-31)53-23-28-20-27(8-11-32(28)43(53)58)7-6-26-16-18-51(19-17-26)30-24-52(25-30)29-9-12-33-35(21-29)41(56)39(40(33)55)34-13-15-38(54)50-42(34)57/h8-12,14,20-22,26,30,34,39,44-45H,13,15-19,23-25H2,1-4H3,(H,50,54,57). The van der Waals surface area contributed by atoms with Crippen molar-refractivity contribution in [3.63, 3.8) is 0 Å². The van der Waals surface area contributed by atoms with Crippen molar-refractivity contribution in [3.8, 4) is 17.6 Å². The highest BCUT2D eigenvalue weighted by atomic mass is 35.5. The Balaban J connectivity index is 0.777. The molecule has 1 N–H and O–H groups in total. The number of nitrogens with zero attached hydrogens (tertiary/aromatic N) is 4. The van der Waals surface area contributed by atoms with E-state index in [-0.39, 0.29) is 65.1 Å². The van der Waals surface area contributed by atoms with Crippen molar-refractivity contribution in [3.05, 3.63) is 98.9 Å².